The molecule has 1 amide bonds. The lowest BCUT2D eigenvalue weighted by atomic mass is 9.93. The maximum absolute atomic E-state index is 12.7. The average molecular weight is 447 g/mol. The summed E-state index contributed by atoms with van der Waals surface area (Å²) < 4.78 is 30.3. The first kappa shape index (κ1) is 21.8. The maximum atomic E-state index is 12.7. The van der Waals surface area contributed by atoms with Crippen LogP contribution in [0.25, 0.3) is 0 Å². The summed E-state index contributed by atoms with van der Waals surface area (Å²) in [5, 5.41) is 0. The van der Waals surface area contributed by atoms with E-state index in [1.165, 1.54) is 18.9 Å². The number of amides is 1. The molecule has 2 aliphatic rings. The van der Waals surface area contributed by atoms with Crippen molar-refractivity contribution in [3.05, 3.63) is 35.5 Å². The lowest BCUT2D eigenvalue weighted by Crippen LogP contribution is -2.38. The number of furan rings is 1. The summed E-state index contributed by atoms with van der Waals surface area (Å²) in [6, 6.07) is 3.48. The molecule has 2 fully saturated rings. The fourth-order valence-electron chi connectivity index (χ4n) is 4.54. The van der Waals surface area contributed by atoms with E-state index in [0.717, 1.165) is 19.5 Å². The first-order valence-electron chi connectivity index (χ1n) is 10.9. The van der Waals surface area contributed by atoms with Crippen LogP contribution in [0, 0.1) is 12.8 Å². The molecule has 0 saturated carbocycles. The molecule has 168 valence electrons. The average Bonchev–Trinajstić information content (AvgIpc) is 3.18. The van der Waals surface area contributed by atoms with E-state index >= 15 is 0 Å². The molecule has 0 N–H and O–H groups in total. The second kappa shape index (κ2) is 8.61. The molecule has 1 unspecified atom stereocenters. The Hall–Kier alpha value is -2.42. The zero-order chi connectivity index (χ0) is 22.2. The third kappa shape index (κ3) is 4.76. The van der Waals surface area contributed by atoms with Crippen molar-refractivity contribution in [1.82, 2.24) is 14.9 Å². The second-order valence-electron chi connectivity index (χ2n) is 8.86. The van der Waals surface area contributed by atoms with E-state index in [1.54, 1.807) is 17.0 Å². The number of nitrogens with zero attached hydrogens (tertiary/aromatic N) is 4. The summed E-state index contributed by atoms with van der Waals surface area (Å²) in [5.74, 6) is 2.07. The minimum Gasteiger partial charge on any atom is -0.456 e. The molecule has 2 aromatic rings. The van der Waals surface area contributed by atoms with E-state index in [-0.39, 0.29) is 16.7 Å². The number of carbonyl (C=O) groups excluding carboxylic acids is 1. The van der Waals surface area contributed by atoms with Crippen molar-refractivity contribution >= 4 is 21.7 Å². The molecule has 31 heavy (non-hydrogen) atoms. The quantitative estimate of drug-likeness (QED) is 0.712. The molecule has 4 heterocycles. The van der Waals surface area contributed by atoms with Gasteiger partial charge in [0.25, 0.3) is 5.91 Å². The highest BCUT2D eigenvalue weighted by Gasteiger charge is 2.31. The molecule has 0 aliphatic carbocycles. The summed E-state index contributed by atoms with van der Waals surface area (Å²) in [6.07, 6.45) is 6.25. The van der Waals surface area contributed by atoms with Gasteiger partial charge in [-0.15, -0.1) is 0 Å². The molecule has 8 nitrogen and oxygen atoms in total. The smallest absolute Gasteiger partial charge is 0.289 e. The normalized spacial score (nSPS) is 20.8. The Labute approximate surface area is 183 Å². The second-order valence-corrected chi connectivity index (χ2v) is 10.8. The molecule has 0 radical (unpaired) electrons. The fraction of sp³-hybridized carbons (Fsp3) is 0.591. The van der Waals surface area contributed by atoms with Crippen molar-refractivity contribution in [1.29, 1.82) is 0 Å². The molecule has 0 aromatic carbocycles. The van der Waals surface area contributed by atoms with Crippen LogP contribution in [-0.4, -0.2) is 61.6 Å². The molecule has 2 aromatic heterocycles. The Kier molecular flexibility index (Phi) is 6.05. The zero-order valence-corrected chi connectivity index (χ0v) is 19.2. The summed E-state index contributed by atoms with van der Waals surface area (Å²) in [6.45, 7) is 6.86. The molecule has 2 saturated heterocycles. The number of rotatable bonds is 4. The Morgan fingerprint density at radius 3 is 2.52 bits per heavy atom. The number of carbonyl (C=O) groups is 1. The molecule has 0 spiro atoms. The van der Waals surface area contributed by atoms with Crippen LogP contribution >= 0.6 is 0 Å². The Morgan fingerprint density at radius 1 is 1.16 bits per heavy atom. The third-order valence-electron chi connectivity index (χ3n) is 6.23. The minimum absolute atomic E-state index is 0.0314. The van der Waals surface area contributed by atoms with E-state index in [9.17, 15) is 13.2 Å². The standard InChI is InChI=1S/C22H30N4O4S/c1-15-5-4-10-26(14-15)22-23-13-19(31(3,28)29)20(24-22)17-8-11-25(12-9-17)21(27)18-7-6-16(2)30-18/h6-7,13,15,17H,4-5,8-12,14H2,1-3H3. The predicted molar refractivity (Wildman–Crippen MR) is 117 cm³/mol. The highest BCUT2D eigenvalue weighted by atomic mass is 32.2. The number of piperidine rings is 2. The van der Waals surface area contributed by atoms with Crippen molar-refractivity contribution in [2.75, 3.05) is 37.3 Å². The molecule has 1 atom stereocenters. The lowest BCUT2D eigenvalue weighted by molar-refractivity contribution is 0.0677. The number of hydrogen-bond acceptors (Lipinski definition) is 7. The highest BCUT2D eigenvalue weighted by molar-refractivity contribution is 7.90. The van der Waals surface area contributed by atoms with Gasteiger partial charge < -0.3 is 14.2 Å². The SMILES string of the molecule is Cc1ccc(C(=O)N2CCC(c3nc(N4CCCC(C)C4)ncc3S(C)(=O)=O)CC2)o1. The van der Waals surface area contributed by atoms with Crippen LogP contribution in [0.1, 0.15) is 60.5 Å². The van der Waals surface area contributed by atoms with Gasteiger partial charge in [0.1, 0.15) is 10.7 Å². The number of likely N-dealkylation sites (tertiary alicyclic amines) is 1. The Bertz CT molecular complexity index is 1060. The minimum atomic E-state index is -3.45. The van der Waals surface area contributed by atoms with Gasteiger partial charge in [0.05, 0.1) is 11.9 Å². The van der Waals surface area contributed by atoms with E-state index in [1.807, 2.05) is 6.92 Å². The van der Waals surface area contributed by atoms with Crippen molar-refractivity contribution in [3.63, 3.8) is 0 Å². The fourth-order valence-corrected chi connectivity index (χ4v) is 5.37. The molecule has 9 heteroatoms. The van der Waals surface area contributed by atoms with Gasteiger partial charge >= 0.3 is 0 Å². The van der Waals surface area contributed by atoms with E-state index in [2.05, 4.69) is 16.8 Å². The van der Waals surface area contributed by atoms with Gasteiger partial charge in [0, 0.05) is 38.4 Å². The lowest BCUT2D eigenvalue weighted by Gasteiger charge is -2.33. The Morgan fingerprint density at radius 2 is 1.90 bits per heavy atom. The van der Waals surface area contributed by atoms with E-state index in [4.69, 9.17) is 9.40 Å². The van der Waals surface area contributed by atoms with Gasteiger partial charge in [0.2, 0.25) is 5.95 Å². The van der Waals surface area contributed by atoms with Gasteiger partial charge in [-0.05, 0) is 50.7 Å². The summed E-state index contributed by atoms with van der Waals surface area (Å²) in [5.41, 5.74) is 0.590. The number of anilines is 1. The number of hydrogen-bond donors (Lipinski definition) is 0. The van der Waals surface area contributed by atoms with Crippen molar-refractivity contribution < 1.29 is 17.6 Å². The zero-order valence-electron chi connectivity index (χ0n) is 18.4. The van der Waals surface area contributed by atoms with Crippen molar-refractivity contribution in [3.8, 4) is 0 Å². The van der Waals surface area contributed by atoms with Gasteiger partial charge in [0.15, 0.2) is 15.6 Å². The van der Waals surface area contributed by atoms with Crippen LogP contribution < -0.4 is 4.90 Å². The third-order valence-corrected chi connectivity index (χ3v) is 7.34. The summed E-state index contributed by atoms with van der Waals surface area (Å²) >= 11 is 0. The van der Waals surface area contributed by atoms with Crippen LogP contribution in [0.3, 0.4) is 0 Å². The molecule has 2 aliphatic heterocycles. The van der Waals surface area contributed by atoms with Crippen LogP contribution in [0.2, 0.25) is 0 Å². The predicted octanol–water partition coefficient (Wildman–Crippen LogP) is 3.04. The summed E-state index contributed by atoms with van der Waals surface area (Å²) in [7, 11) is -3.45. The first-order valence-corrected chi connectivity index (χ1v) is 12.8. The van der Waals surface area contributed by atoms with Gasteiger partial charge in [-0.25, -0.2) is 18.4 Å². The maximum Gasteiger partial charge on any atom is 0.289 e. The molecular formula is C22H30N4O4S. The summed E-state index contributed by atoms with van der Waals surface area (Å²) in [4.78, 5) is 26.0. The van der Waals surface area contributed by atoms with E-state index in [0.29, 0.717) is 55.0 Å². The highest BCUT2D eigenvalue weighted by Crippen LogP contribution is 2.33. The van der Waals surface area contributed by atoms with Crippen molar-refractivity contribution in [2.45, 2.75) is 50.3 Å². The van der Waals surface area contributed by atoms with Crippen LogP contribution in [0.15, 0.2) is 27.6 Å². The number of aromatic nitrogens is 2. The first-order chi connectivity index (χ1) is 14.7. The largest absolute Gasteiger partial charge is 0.456 e. The molecule has 4 rings (SSSR count). The van der Waals surface area contributed by atoms with Gasteiger partial charge in [-0.3, -0.25) is 4.79 Å². The molecular weight excluding hydrogens is 416 g/mol. The monoisotopic (exact) mass is 446 g/mol. The van der Waals surface area contributed by atoms with Crippen LogP contribution in [-0.2, 0) is 9.84 Å². The van der Waals surface area contributed by atoms with Crippen molar-refractivity contribution in [2.24, 2.45) is 5.92 Å². The molecule has 0 bridgehead atoms. The topological polar surface area (TPSA) is 96.6 Å². The van der Waals surface area contributed by atoms with Gasteiger partial charge in [-0.2, -0.15) is 0 Å². The number of aryl methyl sites for hydroxylation is 1. The Balaban J connectivity index is 1.55. The van der Waals surface area contributed by atoms with Crippen LogP contribution in [0.5, 0.6) is 0 Å². The van der Waals surface area contributed by atoms with E-state index < -0.39 is 9.84 Å². The number of sulfone groups is 1. The van der Waals surface area contributed by atoms with Crippen LogP contribution in [0.4, 0.5) is 5.95 Å². The van der Waals surface area contributed by atoms with Gasteiger partial charge in [-0.1, -0.05) is 6.92 Å².